The van der Waals surface area contributed by atoms with Gasteiger partial charge in [-0.25, -0.2) is 0 Å². The van der Waals surface area contributed by atoms with Crippen LogP contribution in [0.2, 0.25) is 0 Å². The molecule has 0 fully saturated rings. The molecule has 3 N–H and O–H groups in total. The van der Waals surface area contributed by atoms with Crippen LogP contribution in [0, 0.1) is 17.3 Å². The number of anilines is 1. The van der Waals surface area contributed by atoms with Crippen molar-refractivity contribution >= 4 is 28.2 Å². The number of rotatable bonds is 5. The first-order chi connectivity index (χ1) is 11.2. The SMILES string of the molecule is CCC(CC)C(=O)Nc1sc2c(c1C(N)=O)CCC(C(C)(C)C)C2. The second-order valence-corrected chi connectivity index (χ2v) is 8.99. The first-order valence-electron chi connectivity index (χ1n) is 8.94. The molecule has 2 rings (SSSR count). The summed E-state index contributed by atoms with van der Waals surface area (Å²) in [5, 5.41) is 3.64. The lowest BCUT2D eigenvalue weighted by molar-refractivity contribution is -0.120. The number of nitrogens with two attached hydrogens (primary N) is 1. The quantitative estimate of drug-likeness (QED) is 0.827. The maximum Gasteiger partial charge on any atom is 0.251 e. The minimum atomic E-state index is -0.429. The predicted octanol–water partition coefficient (Wildman–Crippen LogP) is 4.37. The number of nitrogens with one attached hydrogen (secondary N) is 1. The van der Waals surface area contributed by atoms with Crippen LogP contribution in [0.1, 0.15) is 74.7 Å². The van der Waals surface area contributed by atoms with Gasteiger partial charge >= 0.3 is 0 Å². The summed E-state index contributed by atoms with van der Waals surface area (Å²) in [6.45, 7) is 10.8. The number of hydrogen-bond acceptors (Lipinski definition) is 3. The Balaban J connectivity index is 2.32. The van der Waals surface area contributed by atoms with Gasteiger partial charge in [-0.1, -0.05) is 34.6 Å². The van der Waals surface area contributed by atoms with E-state index in [-0.39, 0.29) is 17.2 Å². The van der Waals surface area contributed by atoms with Crippen LogP contribution in [-0.2, 0) is 17.6 Å². The summed E-state index contributed by atoms with van der Waals surface area (Å²) in [5.41, 5.74) is 7.49. The zero-order chi connectivity index (χ0) is 18.1. The van der Waals surface area contributed by atoms with Crippen molar-refractivity contribution in [3.05, 3.63) is 16.0 Å². The fraction of sp³-hybridized carbons (Fsp3) is 0.684. The topological polar surface area (TPSA) is 72.2 Å². The van der Waals surface area contributed by atoms with Crippen molar-refractivity contribution in [3.8, 4) is 0 Å². The Hall–Kier alpha value is -1.36. The molecule has 1 aliphatic rings. The van der Waals surface area contributed by atoms with Crippen LogP contribution in [0.4, 0.5) is 5.00 Å². The molecule has 24 heavy (non-hydrogen) atoms. The third-order valence-corrected chi connectivity index (χ3v) is 6.50. The molecule has 0 spiro atoms. The monoisotopic (exact) mass is 350 g/mol. The van der Waals surface area contributed by atoms with Gasteiger partial charge in [0, 0.05) is 10.8 Å². The van der Waals surface area contributed by atoms with Crippen molar-refractivity contribution in [3.63, 3.8) is 0 Å². The Bertz CT molecular complexity index is 624. The van der Waals surface area contributed by atoms with Gasteiger partial charge in [-0.15, -0.1) is 11.3 Å². The minimum Gasteiger partial charge on any atom is -0.365 e. The number of carbonyl (C=O) groups is 2. The van der Waals surface area contributed by atoms with Gasteiger partial charge in [0.1, 0.15) is 5.00 Å². The molecule has 1 atom stereocenters. The molecule has 0 bridgehead atoms. The smallest absolute Gasteiger partial charge is 0.251 e. The predicted molar refractivity (Wildman–Crippen MR) is 101 cm³/mol. The molecular weight excluding hydrogens is 320 g/mol. The molecule has 1 aliphatic carbocycles. The highest BCUT2D eigenvalue weighted by Gasteiger charge is 2.33. The van der Waals surface area contributed by atoms with Crippen LogP contribution in [0.15, 0.2) is 0 Å². The zero-order valence-corrected chi connectivity index (χ0v) is 16.3. The number of fused-ring (bicyclic) bond motifs is 1. The number of primary amides is 1. The summed E-state index contributed by atoms with van der Waals surface area (Å²) in [6.07, 6.45) is 4.49. The lowest BCUT2D eigenvalue weighted by Gasteiger charge is -2.33. The number of carbonyl (C=O) groups excluding carboxylic acids is 2. The second kappa shape index (κ2) is 7.26. The van der Waals surface area contributed by atoms with Crippen LogP contribution >= 0.6 is 11.3 Å². The van der Waals surface area contributed by atoms with Gasteiger partial charge in [0.25, 0.3) is 5.91 Å². The summed E-state index contributed by atoms with van der Waals surface area (Å²) < 4.78 is 0. The van der Waals surface area contributed by atoms with Crippen molar-refractivity contribution in [2.45, 2.75) is 66.7 Å². The van der Waals surface area contributed by atoms with E-state index in [1.165, 1.54) is 4.88 Å². The van der Waals surface area contributed by atoms with Crippen molar-refractivity contribution in [1.29, 1.82) is 0 Å². The number of thiophene rings is 1. The van der Waals surface area contributed by atoms with E-state index in [1.807, 2.05) is 13.8 Å². The summed E-state index contributed by atoms with van der Waals surface area (Å²) in [4.78, 5) is 25.6. The standard InChI is InChI=1S/C19H30N2O2S/c1-6-11(7-2)17(23)21-18-15(16(20)22)13-9-8-12(19(3,4)5)10-14(13)24-18/h11-12H,6-10H2,1-5H3,(H2,20,22)(H,21,23). The van der Waals surface area contributed by atoms with Gasteiger partial charge in [-0.2, -0.15) is 0 Å². The first-order valence-corrected chi connectivity index (χ1v) is 9.75. The van der Waals surface area contributed by atoms with Crippen LogP contribution in [0.5, 0.6) is 0 Å². The number of amides is 2. The summed E-state index contributed by atoms with van der Waals surface area (Å²) in [7, 11) is 0. The summed E-state index contributed by atoms with van der Waals surface area (Å²) in [5.74, 6) is 0.133. The largest absolute Gasteiger partial charge is 0.365 e. The van der Waals surface area contributed by atoms with Crippen LogP contribution < -0.4 is 11.1 Å². The minimum absolute atomic E-state index is 0.00605. The van der Waals surface area contributed by atoms with Crippen LogP contribution in [0.3, 0.4) is 0 Å². The average Bonchev–Trinajstić information content (AvgIpc) is 2.84. The molecule has 134 valence electrons. The van der Waals surface area contributed by atoms with E-state index in [2.05, 4.69) is 26.1 Å². The molecule has 0 saturated heterocycles. The molecule has 0 saturated carbocycles. The highest BCUT2D eigenvalue weighted by molar-refractivity contribution is 7.17. The molecule has 1 aromatic heterocycles. The van der Waals surface area contributed by atoms with Crippen molar-refractivity contribution in [2.24, 2.45) is 23.0 Å². The van der Waals surface area contributed by atoms with E-state index in [0.717, 1.165) is 37.7 Å². The van der Waals surface area contributed by atoms with Crippen molar-refractivity contribution < 1.29 is 9.59 Å². The third-order valence-electron chi connectivity index (χ3n) is 5.33. The van der Waals surface area contributed by atoms with Gasteiger partial charge in [-0.05, 0) is 49.0 Å². The van der Waals surface area contributed by atoms with E-state index in [0.29, 0.717) is 16.5 Å². The highest BCUT2D eigenvalue weighted by atomic mass is 32.1. The van der Waals surface area contributed by atoms with Gasteiger partial charge in [-0.3, -0.25) is 9.59 Å². The highest BCUT2D eigenvalue weighted by Crippen LogP contribution is 2.44. The molecule has 5 heteroatoms. The molecule has 4 nitrogen and oxygen atoms in total. The van der Waals surface area contributed by atoms with Crippen LogP contribution in [0.25, 0.3) is 0 Å². The van der Waals surface area contributed by atoms with E-state index in [9.17, 15) is 9.59 Å². The number of hydrogen-bond donors (Lipinski definition) is 2. The molecule has 0 radical (unpaired) electrons. The van der Waals surface area contributed by atoms with E-state index in [4.69, 9.17) is 5.73 Å². The Morgan fingerprint density at radius 3 is 2.42 bits per heavy atom. The van der Waals surface area contributed by atoms with Crippen LogP contribution in [-0.4, -0.2) is 11.8 Å². The normalized spacial score (nSPS) is 17.7. The third kappa shape index (κ3) is 3.82. The van der Waals surface area contributed by atoms with Gasteiger partial charge in [0.05, 0.1) is 5.56 Å². The molecule has 1 heterocycles. The van der Waals surface area contributed by atoms with Gasteiger partial charge in [0.2, 0.25) is 5.91 Å². The van der Waals surface area contributed by atoms with Crippen molar-refractivity contribution in [1.82, 2.24) is 0 Å². The molecule has 1 unspecified atom stereocenters. The fourth-order valence-corrected chi connectivity index (χ4v) is 4.88. The molecule has 2 amide bonds. The molecule has 1 aromatic rings. The lowest BCUT2D eigenvalue weighted by atomic mass is 9.72. The average molecular weight is 351 g/mol. The maximum atomic E-state index is 12.4. The van der Waals surface area contributed by atoms with E-state index in [1.54, 1.807) is 11.3 Å². The first kappa shape index (κ1) is 19.0. The molecule has 0 aromatic carbocycles. The summed E-state index contributed by atoms with van der Waals surface area (Å²) in [6, 6.07) is 0. The van der Waals surface area contributed by atoms with Crippen molar-refractivity contribution in [2.75, 3.05) is 5.32 Å². The van der Waals surface area contributed by atoms with E-state index >= 15 is 0 Å². The van der Waals surface area contributed by atoms with E-state index < -0.39 is 5.91 Å². The Labute approximate surface area is 149 Å². The molecular formula is C19H30N2O2S. The lowest BCUT2D eigenvalue weighted by Crippen LogP contribution is -2.27. The Morgan fingerprint density at radius 2 is 1.92 bits per heavy atom. The van der Waals surface area contributed by atoms with Gasteiger partial charge < -0.3 is 11.1 Å². The Morgan fingerprint density at radius 1 is 1.29 bits per heavy atom. The summed E-state index contributed by atoms with van der Waals surface area (Å²) >= 11 is 1.54. The zero-order valence-electron chi connectivity index (χ0n) is 15.5. The van der Waals surface area contributed by atoms with Gasteiger partial charge in [0.15, 0.2) is 0 Å². The maximum absolute atomic E-state index is 12.4. The molecule has 0 aliphatic heterocycles. The Kier molecular flexibility index (Phi) is 5.74. The second-order valence-electron chi connectivity index (χ2n) is 7.88. The fourth-order valence-electron chi connectivity index (χ4n) is 3.55.